The van der Waals surface area contributed by atoms with Crippen LogP contribution < -0.4 is 9.47 Å². The molecule has 0 aliphatic rings. The highest BCUT2D eigenvalue weighted by atomic mass is 79.9. The first kappa shape index (κ1) is 18.5. The molecule has 0 aromatic heterocycles. The summed E-state index contributed by atoms with van der Waals surface area (Å²) in [6, 6.07) is 15.7. The summed E-state index contributed by atoms with van der Waals surface area (Å²) in [5.74, 6) is 1.07. The fourth-order valence-electron chi connectivity index (χ4n) is 2.34. The van der Waals surface area contributed by atoms with Crippen LogP contribution in [0.5, 0.6) is 11.5 Å². The van der Waals surface area contributed by atoms with E-state index in [1.165, 1.54) is 5.56 Å². The van der Waals surface area contributed by atoms with E-state index in [1.54, 1.807) is 21.0 Å². The van der Waals surface area contributed by atoms with Gasteiger partial charge in [0.1, 0.15) is 15.8 Å². The van der Waals surface area contributed by atoms with Gasteiger partial charge in [0.15, 0.2) is 0 Å². The number of hydrogen-bond acceptors (Lipinski definition) is 3. The molecule has 4 heteroatoms. The summed E-state index contributed by atoms with van der Waals surface area (Å²) in [6.07, 6.45) is 0. The molecule has 0 spiro atoms. The highest BCUT2D eigenvalue weighted by Crippen LogP contribution is 2.33. The lowest BCUT2D eigenvalue weighted by molar-refractivity contribution is -0.136. The number of rotatable bonds is 5. The second-order valence-electron chi connectivity index (χ2n) is 6.74. The minimum Gasteiger partial charge on any atom is -0.497 e. The number of benzene rings is 2. The summed E-state index contributed by atoms with van der Waals surface area (Å²) >= 11 is 3.31. The number of carbonyl (C=O) groups is 1. The van der Waals surface area contributed by atoms with Crippen LogP contribution in [0, 0.1) is 0 Å². The molecule has 0 bridgehead atoms. The number of ether oxygens (including phenoxy) is 2. The first-order chi connectivity index (χ1) is 11.1. The van der Waals surface area contributed by atoms with Gasteiger partial charge in [-0.25, -0.2) is 0 Å². The van der Waals surface area contributed by atoms with E-state index in [9.17, 15) is 4.79 Å². The van der Waals surface area contributed by atoms with E-state index in [4.69, 9.17) is 9.47 Å². The monoisotopic (exact) mass is 390 g/mol. The molecular formula is C20H23BrO3. The molecule has 128 valence electrons. The summed E-state index contributed by atoms with van der Waals surface area (Å²) in [4.78, 5) is 11.9. The van der Waals surface area contributed by atoms with Crippen LogP contribution in [-0.4, -0.2) is 17.4 Å². The topological polar surface area (TPSA) is 35.5 Å². The standard InChI is InChI=1S/C20H23BrO3/c1-19(2,14-6-10-16(23-5)11-7-14)15-8-12-17(13-9-15)24-18(22)20(3,4)21/h6-13H,1-5H3. The van der Waals surface area contributed by atoms with Crippen LogP contribution in [0.15, 0.2) is 48.5 Å². The zero-order valence-electron chi connectivity index (χ0n) is 14.7. The normalized spacial score (nSPS) is 11.9. The Kier molecular flexibility index (Phi) is 5.38. The lowest BCUT2D eigenvalue weighted by Gasteiger charge is -2.26. The SMILES string of the molecule is COc1ccc(C(C)(C)c2ccc(OC(=O)C(C)(C)Br)cc2)cc1. The molecule has 2 aromatic rings. The Labute approximate surface area is 152 Å². The third-order valence-corrected chi connectivity index (χ3v) is 4.41. The van der Waals surface area contributed by atoms with Crippen LogP contribution in [0.25, 0.3) is 0 Å². The van der Waals surface area contributed by atoms with Crippen molar-refractivity contribution >= 4 is 21.9 Å². The highest BCUT2D eigenvalue weighted by molar-refractivity contribution is 9.10. The predicted molar refractivity (Wildman–Crippen MR) is 100 cm³/mol. The quantitative estimate of drug-likeness (QED) is 0.404. The zero-order valence-corrected chi connectivity index (χ0v) is 16.3. The van der Waals surface area contributed by atoms with E-state index >= 15 is 0 Å². The van der Waals surface area contributed by atoms with Crippen LogP contribution in [0.1, 0.15) is 38.8 Å². The number of carbonyl (C=O) groups excluding carboxylic acids is 1. The average molecular weight is 391 g/mol. The van der Waals surface area contributed by atoms with Gasteiger partial charge in [-0.2, -0.15) is 0 Å². The fraction of sp³-hybridized carbons (Fsp3) is 0.350. The number of esters is 1. The molecule has 0 aliphatic carbocycles. The molecule has 2 rings (SSSR count). The summed E-state index contributed by atoms with van der Waals surface area (Å²) < 4.78 is 9.90. The van der Waals surface area contributed by atoms with Gasteiger partial charge in [-0.1, -0.05) is 54.0 Å². The Morgan fingerprint density at radius 2 is 1.25 bits per heavy atom. The van der Waals surface area contributed by atoms with Crippen molar-refractivity contribution in [1.82, 2.24) is 0 Å². The van der Waals surface area contributed by atoms with Crippen LogP contribution in [0.3, 0.4) is 0 Å². The van der Waals surface area contributed by atoms with Crippen LogP contribution in [-0.2, 0) is 10.2 Å². The second kappa shape index (κ2) is 6.98. The molecule has 3 nitrogen and oxygen atoms in total. The molecule has 0 amide bonds. The Morgan fingerprint density at radius 1 is 0.833 bits per heavy atom. The highest BCUT2D eigenvalue weighted by Gasteiger charge is 2.27. The number of alkyl halides is 1. The summed E-state index contributed by atoms with van der Waals surface area (Å²) in [7, 11) is 1.66. The first-order valence-corrected chi connectivity index (χ1v) is 8.60. The molecule has 0 radical (unpaired) electrons. The number of methoxy groups -OCH3 is 1. The molecular weight excluding hydrogens is 368 g/mol. The molecule has 0 saturated heterocycles. The first-order valence-electron chi connectivity index (χ1n) is 7.81. The van der Waals surface area contributed by atoms with Gasteiger partial charge in [0.25, 0.3) is 0 Å². The lowest BCUT2D eigenvalue weighted by Crippen LogP contribution is -2.29. The molecule has 0 saturated carbocycles. The van der Waals surface area contributed by atoms with Crippen molar-refractivity contribution in [2.24, 2.45) is 0 Å². The Morgan fingerprint density at radius 3 is 1.62 bits per heavy atom. The molecule has 0 heterocycles. The van der Waals surface area contributed by atoms with Gasteiger partial charge in [-0.05, 0) is 49.2 Å². The maximum Gasteiger partial charge on any atom is 0.327 e. The molecule has 0 aliphatic heterocycles. The van der Waals surface area contributed by atoms with Crippen LogP contribution in [0.2, 0.25) is 0 Å². The smallest absolute Gasteiger partial charge is 0.327 e. The molecule has 0 N–H and O–H groups in total. The minimum absolute atomic E-state index is 0.163. The molecule has 0 unspecified atom stereocenters. The van der Waals surface area contributed by atoms with Crippen molar-refractivity contribution in [3.63, 3.8) is 0 Å². The number of hydrogen-bond donors (Lipinski definition) is 0. The van der Waals surface area contributed by atoms with Gasteiger partial charge >= 0.3 is 5.97 Å². The Bertz CT molecular complexity index is 695. The van der Waals surface area contributed by atoms with E-state index in [1.807, 2.05) is 36.4 Å². The van der Waals surface area contributed by atoms with Crippen molar-refractivity contribution in [1.29, 1.82) is 0 Å². The van der Waals surface area contributed by atoms with Crippen molar-refractivity contribution in [3.8, 4) is 11.5 Å². The predicted octanol–water partition coefficient (Wildman–Crippen LogP) is 5.10. The van der Waals surface area contributed by atoms with E-state index in [0.717, 1.165) is 11.3 Å². The Balaban J connectivity index is 2.20. The summed E-state index contributed by atoms with van der Waals surface area (Å²) in [5, 5.41) is 0. The fourth-order valence-corrected chi connectivity index (χ4v) is 2.42. The van der Waals surface area contributed by atoms with E-state index in [-0.39, 0.29) is 11.4 Å². The maximum absolute atomic E-state index is 11.9. The zero-order chi connectivity index (χ0) is 18.0. The van der Waals surface area contributed by atoms with E-state index in [2.05, 4.69) is 41.9 Å². The van der Waals surface area contributed by atoms with E-state index in [0.29, 0.717) is 5.75 Å². The minimum atomic E-state index is -0.700. The van der Waals surface area contributed by atoms with E-state index < -0.39 is 4.32 Å². The lowest BCUT2D eigenvalue weighted by atomic mass is 9.78. The average Bonchev–Trinajstić information content (AvgIpc) is 2.54. The molecule has 2 aromatic carbocycles. The molecule has 0 fully saturated rings. The Hall–Kier alpha value is -1.81. The second-order valence-corrected chi connectivity index (χ2v) is 8.72. The van der Waals surface area contributed by atoms with Gasteiger partial charge in [0.05, 0.1) is 7.11 Å². The van der Waals surface area contributed by atoms with Crippen molar-refractivity contribution in [3.05, 3.63) is 59.7 Å². The van der Waals surface area contributed by atoms with Crippen LogP contribution in [0.4, 0.5) is 0 Å². The van der Waals surface area contributed by atoms with Crippen LogP contribution >= 0.6 is 15.9 Å². The van der Waals surface area contributed by atoms with Crippen molar-refractivity contribution < 1.29 is 14.3 Å². The van der Waals surface area contributed by atoms with Gasteiger partial charge in [-0.15, -0.1) is 0 Å². The maximum atomic E-state index is 11.9. The van der Waals surface area contributed by atoms with Crippen molar-refractivity contribution in [2.75, 3.05) is 7.11 Å². The van der Waals surface area contributed by atoms with Gasteiger partial charge < -0.3 is 9.47 Å². The molecule has 0 atom stereocenters. The summed E-state index contributed by atoms with van der Waals surface area (Å²) in [5.41, 5.74) is 2.17. The van der Waals surface area contributed by atoms with Crippen molar-refractivity contribution in [2.45, 2.75) is 37.4 Å². The molecule has 24 heavy (non-hydrogen) atoms. The van der Waals surface area contributed by atoms with Gasteiger partial charge in [0, 0.05) is 5.41 Å². The third kappa shape index (κ3) is 4.18. The van der Waals surface area contributed by atoms with Gasteiger partial charge in [-0.3, -0.25) is 4.79 Å². The number of halogens is 1. The largest absolute Gasteiger partial charge is 0.497 e. The van der Waals surface area contributed by atoms with Gasteiger partial charge in [0.2, 0.25) is 0 Å². The third-order valence-electron chi connectivity index (χ3n) is 4.08. The summed E-state index contributed by atoms with van der Waals surface area (Å²) in [6.45, 7) is 7.85.